The van der Waals surface area contributed by atoms with Gasteiger partial charge in [0.05, 0.1) is 18.4 Å². The lowest BCUT2D eigenvalue weighted by atomic mass is 10.2. The maximum Gasteiger partial charge on any atom is 0.219 e. The lowest BCUT2D eigenvalue weighted by Gasteiger charge is -2.10. The van der Waals surface area contributed by atoms with Crippen LogP contribution in [0.15, 0.2) is 60.8 Å². The molecule has 1 N–H and O–H groups in total. The molecular weight excluding hydrogens is 333 g/mol. The van der Waals surface area contributed by atoms with Crippen LogP contribution in [0.4, 0.5) is 10.1 Å². The van der Waals surface area contributed by atoms with Gasteiger partial charge in [0.1, 0.15) is 23.4 Å². The molecule has 2 aromatic carbocycles. The molecule has 0 amide bonds. The molecule has 1 heterocycles. The van der Waals surface area contributed by atoms with Gasteiger partial charge < -0.3 is 14.8 Å². The third-order valence-electron chi connectivity index (χ3n) is 3.67. The van der Waals surface area contributed by atoms with Crippen molar-refractivity contribution < 1.29 is 13.9 Å². The average molecular weight is 349 g/mol. The SMILES string of the molecule is COc1ccc(Oc2cc(CNc3ccc(F)cc3C#N)ccn2)cc1. The van der Waals surface area contributed by atoms with E-state index in [0.29, 0.717) is 23.9 Å². The number of nitrogens with zero attached hydrogens (tertiary/aromatic N) is 2. The zero-order chi connectivity index (χ0) is 18.4. The molecular formula is C20H16FN3O2. The first kappa shape index (κ1) is 17.2. The number of rotatable bonds is 6. The molecule has 0 saturated heterocycles. The third kappa shape index (κ3) is 4.28. The normalized spacial score (nSPS) is 10.0. The van der Waals surface area contributed by atoms with Crippen LogP contribution in [0, 0.1) is 17.1 Å². The molecule has 5 nitrogen and oxygen atoms in total. The molecule has 130 valence electrons. The molecule has 0 spiro atoms. The van der Waals surface area contributed by atoms with E-state index in [1.165, 1.54) is 12.1 Å². The molecule has 0 aliphatic heterocycles. The second kappa shape index (κ2) is 7.99. The highest BCUT2D eigenvalue weighted by atomic mass is 19.1. The van der Waals surface area contributed by atoms with E-state index in [0.717, 1.165) is 11.3 Å². The highest BCUT2D eigenvalue weighted by molar-refractivity contribution is 5.57. The number of halogens is 1. The second-order valence-corrected chi connectivity index (χ2v) is 5.44. The van der Waals surface area contributed by atoms with Gasteiger partial charge >= 0.3 is 0 Å². The van der Waals surface area contributed by atoms with Crippen LogP contribution in [-0.2, 0) is 6.54 Å². The van der Waals surface area contributed by atoms with Gasteiger partial charge in [0, 0.05) is 18.8 Å². The van der Waals surface area contributed by atoms with Gasteiger partial charge in [0.25, 0.3) is 0 Å². The second-order valence-electron chi connectivity index (χ2n) is 5.44. The van der Waals surface area contributed by atoms with E-state index >= 15 is 0 Å². The summed E-state index contributed by atoms with van der Waals surface area (Å²) in [6.07, 6.45) is 1.64. The standard InChI is InChI=1S/C20H16FN3O2/c1-25-17-3-5-18(6-4-17)26-20-10-14(8-9-23-20)13-24-19-7-2-16(21)11-15(19)12-22/h2-11,24H,13H2,1H3. The lowest BCUT2D eigenvalue weighted by Crippen LogP contribution is -2.02. The molecule has 0 bridgehead atoms. The largest absolute Gasteiger partial charge is 0.497 e. The number of hydrogen-bond acceptors (Lipinski definition) is 5. The Morgan fingerprint density at radius 3 is 2.58 bits per heavy atom. The molecule has 0 atom stereocenters. The number of nitrogens with one attached hydrogen (secondary N) is 1. The van der Waals surface area contributed by atoms with Crippen molar-refractivity contribution in [1.82, 2.24) is 4.98 Å². The van der Waals surface area contributed by atoms with Crippen LogP contribution < -0.4 is 14.8 Å². The van der Waals surface area contributed by atoms with Crippen molar-refractivity contribution in [2.45, 2.75) is 6.54 Å². The quantitative estimate of drug-likeness (QED) is 0.709. The summed E-state index contributed by atoms with van der Waals surface area (Å²) in [5.41, 5.74) is 1.74. The molecule has 0 fully saturated rings. The van der Waals surface area contributed by atoms with Crippen LogP contribution in [0.5, 0.6) is 17.4 Å². The fourth-order valence-corrected chi connectivity index (χ4v) is 2.34. The Morgan fingerprint density at radius 2 is 1.85 bits per heavy atom. The Kier molecular flexibility index (Phi) is 5.30. The van der Waals surface area contributed by atoms with Gasteiger partial charge in [0.2, 0.25) is 5.88 Å². The van der Waals surface area contributed by atoms with E-state index in [9.17, 15) is 4.39 Å². The van der Waals surface area contributed by atoms with E-state index in [-0.39, 0.29) is 5.56 Å². The van der Waals surface area contributed by atoms with Crippen LogP contribution in [0.25, 0.3) is 0 Å². The molecule has 6 heteroatoms. The molecule has 0 radical (unpaired) electrons. The first-order valence-corrected chi connectivity index (χ1v) is 7.88. The Hall–Kier alpha value is -3.59. The van der Waals surface area contributed by atoms with Gasteiger partial charge in [0.15, 0.2) is 0 Å². The highest BCUT2D eigenvalue weighted by Crippen LogP contribution is 2.23. The average Bonchev–Trinajstić information content (AvgIpc) is 2.68. The summed E-state index contributed by atoms with van der Waals surface area (Å²) in [6.45, 7) is 0.446. The van der Waals surface area contributed by atoms with Gasteiger partial charge in [-0.05, 0) is 54.1 Å². The van der Waals surface area contributed by atoms with Crippen LogP contribution >= 0.6 is 0 Å². The molecule has 1 aromatic heterocycles. The number of methoxy groups -OCH3 is 1. The molecule has 0 aliphatic rings. The van der Waals surface area contributed by atoms with Crippen molar-refractivity contribution in [3.8, 4) is 23.4 Å². The summed E-state index contributed by atoms with van der Waals surface area (Å²) in [5.74, 6) is 1.41. The van der Waals surface area contributed by atoms with Crippen molar-refractivity contribution >= 4 is 5.69 Å². The van der Waals surface area contributed by atoms with Crippen LogP contribution in [0.2, 0.25) is 0 Å². The van der Waals surface area contributed by atoms with Crippen molar-refractivity contribution in [2.75, 3.05) is 12.4 Å². The monoisotopic (exact) mass is 349 g/mol. The van der Waals surface area contributed by atoms with Crippen LogP contribution in [0.1, 0.15) is 11.1 Å². The minimum Gasteiger partial charge on any atom is -0.497 e. The zero-order valence-corrected chi connectivity index (χ0v) is 14.1. The molecule has 3 aromatic rings. The Bertz CT molecular complexity index is 937. The summed E-state index contributed by atoms with van der Waals surface area (Å²) < 4.78 is 24.0. The van der Waals surface area contributed by atoms with Crippen molar-refractivity contribution in [3.05, 3.63) is 77.7 Å². The van der Waals surface area contributed by atoms with Crippen LogP contribution in [0.3, 0.4) is 0 Å². The lowest BCUT2D eigenvalue weighted by molar-refractivity contribution is 0.412. The number of anilines is 1. The van der Waals surface area contributed by atoms with Gasteiger partial charge in [-0.2, -0.15) is 5.26 Å². The fraction of sp³-hybridized carbons (Fsp3) is 0.100. The van der Waals surface area contributed by atoms with Crippen molar-refractivity contribution in [2.24, 2.45) is 0 Å². The number of benzene rings is 2. The highest BCUT2D eigenvalue weighted by Gasteiger charge is 2.05. The fourth-order valence-electron chi connectivity index (χ4n) is 2.34. The first-order valence-electron chi connectivity index (χ1n) is 7.88. The minimum atomic E-state index is -0.439. The summed E-state index contributed by atoms with van der Waals surface area (Å²) in [6, 6.07) is 16.9. The summed E-state index contributed by atoms with van der Waals surface area (Å²) in [5, 5.41) is 12.2. The summed E-state index contributed by atoms with van der Waals surface area (Å²) >= 11 is 0. The number of pyridine rings is 1. The minimum absolute atomic E-state index is 0.258. The topological polar surface area (TPSA) is 67.2 Å². The van der Waals surface area contributed by atoms with E-state index < -0.39 is 5.82 Å². The maximum atomic E-state index is 13.2. The predicted octanol–water partition coefficient (Wildman–Crippen LogP) is 4.51. The number of nitriles is 1. The number of hydrogen-bond donors (Lipinski definition) is 1. The van der Waals surface area contributed by atoms with Gasteiger partial charge in [-0.15, -0.1) is 0 Å². The summed E-state index contributed by atoms with van der Waals surface area (Å²) in [7, 11) is 1.60. The van der Waals surface area contributed by atoms with Crippen LogP contribution in [-0.4, -0.2) is 12.1 Å². The maximum absolute atomic E-state index is 13.2. The van der Waals surface area contributed by atoms with Crippen molar-refractivity contribution in [1.29, 1.82) is 5.26 Å². The van der Waals surface area contributed by atoms with E-state index in [1.807, 2.05) is 12.1 Å². The molecule has 0 unspecified atom stereocenters. The van der Waals surface area contributed by atoms with E-state index in [2.05, 4.69) is 10.3 Å². The van der Waals surface area contributed by atoms with Gasteiger partial charge in [-0.25, -0.2) is 9.37 Å². The molecule has 0 aliphatic carbocycles. The Labute approximate surface area is 150 Å². The summed E-state index contributed by atoms with van der Waals surface area (Å²) in [4.78, 5) is 4.19. The van der Waals surface area contributed by atoms with Gasteiger partial charge in [-0.3, -0.25) is 0 Å². The number of aromatic nitrogens is 1. The first-order chi connectivity index (χ1) is 12.7. The number of ether oxygens (including phenoxy) is 2. The van der Waals surface area contributed by atoms with E-state index in [1.54, 1.807) is 49.7 Å². The Balaban J connectivity index is 1.68. The predicted molar refractivity (Wildman–Crippen MR) is 95.7 cm³/mol. The third-order valence-corrected chi connectivity index (χ3v) is 3.67. The van der Waals surface area contributed by atoms with E-state index in [4.69, 9.17) is 14.7 Å². The van der Waals surface area contributed by atoms with Gasteiger partial charge in [-0.1, -0.05) is 0 Å². The molecule has 0 saturated carbocycles. The molecule has 26 heavy (non-hydrogen) atoms. The molecule has 3 rings (SSSR count). The van der Waals surface area contributed by atoms with Crippen molar-refractivity contribution in [3.63, 3.8) is 0 Å². The zero-order valence-electron chi connectivity index (χ0n) is 14.1. The smallest absolute Gasteiger partial charge is 0.219 e. The Morgan fingerprint density at radius 1 is 1.08 bits per heavy atom.